The highest BCUT2D eigenvalue weighted by Crippen LogP contribution is 2.37. The molecule has 0 saturated carbocycles. The van der Waals surface area contributed by atoms with E-state index in [2.05, 4.69) is 10.4 Å². The van der Waals surface area contributed by atoms with Gasteiger partial charge in [0.05, 0.1) is 11.5 Å². The highest BCUT2D eigenvalue weighted by molar-refractivity contribution is 5.94. The van der Waals surface area contributed by atoms with Crippen LogP contribution in [0.3, 0.4) is 0 Å². The number of benzene rings is 1. The summed E-state index contributed by atoms with van der Waals surface area (Å²) in [6.07, 6.45) is 0.194. The lowest BCUT2D eigenvalue weighted by atomic mass is 9.92. The third-order valence-electron chi connectivity index (χ3n) is 4.50. The number of aromatic amines is 1. The second-order valence-electron chi connectivity index (χ2n) is 6.54. The Bertz CT molecular complexity index is 979. The first-order chi connectivity index (χ1) is 12.0. The summed E-state index contributed by atoms with van der Waals surface area (Å²) in [5, 5.41) is 5.64. The molecule has 4 rings (SSSR count). The summed E-state index contributed by atoms with van der Waals surface area (Å²) in [5.41, 5.74) is 1.33. The lowest BCUT2D eigenvalue weighted by Crippen LogP contribution is -2.27. The molecule has 2 N–H and O–H groups in total. The van der Waals surface area contributed by atoms with E-state index in [0.29, 0.717) is 17.1 Å². The summed E-state index contributed by atoms with van der Waals surface area (Å²) in [6.45, 7) is 3.90. The summed E-state index contributed by atoms with van der Waals surface area (Å²) in [4.78, 5) is 24.7. The number of carbonyl (C=O) groups is 1. The molecule has 0 spiro atoms. The van der Waals surface area contributed by atoms with Crippen molar-refractivity contribution in [2.24, 2.45) is 0 Å². The fourth-order valence-corrected chi connectivity index (χ4v) is 3.31. The molecule has 3 heterocycles. The molecule has 25 heavy (non-hydrogen) atoms. The normalized spacial score (nSPS) is 16.8. The first kappa shape index (κ1) is 15.5. The van der Waals surface area contributed by atoms with Crippen LogP contribution in [0.15, 0.2) is 51.7 Å². The smallest absolute Gasteiger partial charge is 0.270 e. The molecule has 6 nitrogen and oxygen atoms in total. The van der Waals surface area contributed by atoms with Crippen LogP contribution >= 0.6 is 0 Å². The van der Waals surface area contributed by atoms with E-state index in [0.717, 1.165) is 11.3 Å². The van der Waals surface area contributed by atoms with Gasteiger partial charge in [-0.1, -0.05) is 30.3 Å². The zero-order chi connectivity index (χ0) is 17.6. The fraction of sp³-hybridized carbons (Fsp3) is 0.263. The molecule has 2 aromatic heterocycles. The van der Waals surface area contributed by atoms with Crippen molar-refractivity contribution in [1.29, 1.82) is 0 Å². The van der Waals surface area contributed by atoms with Crippen LogP contribution in [0.2, 0.25) is 0 Å². The standard InChI is InChI=1S/C19H19N3O3/c1-11(2)22-18-17(19(24)21-22)13(10-16(23)20-18)15-9-8-14(25-15)12-6-4-3-5-7-12/h3-9,11,13H,10H2,1-2H3,(H,20,23)(H,21,24). The number of hydrogen-bond acceptors (Lipinski definition) is 3. The van der Waals surface area contributed by atoms with E-state index in [1.165, 1.54) is 0 Å². The van der Waals surface area contributed by atoms with E-state index in [4.69, 9.17) is 4.42 Å². The fourth-order valence-electron chi connectivity index (χ4n) is 3.31. The topological polar surface area (TPSA) is 80.0 Å². The van der Waals surface area contributed by atoms with Crippen molar-refractivity contribution in [3.05, 3.63) is 64.1 Å². The molecular weight excluding hydrogens is 318 g/mol. The summed E-state index contributed by atoms with van der Waals surface area (Å²) in [7, 11) is 0. The second-order valence-corrected chi connectivity index (χ2v) is 6.54. The molecule has 0 bridgehead atoms. The summed E-state index contributed by atoms with van der Waals surface area (Å²) >= 11 is 0. The molecule has 0 saturated heterocycles. The van der Waals surface area contributed by atoms with Gasteiger partial charge in [-0.15, -0.1) is 0 Å². The van der Waals surface area contributed by atoms with E-state index in [9.17, 15) is 9.59 Å². The third-order valence-corrected chi connectivity index (χ3v) is 4.50. The minimum absolute atomic E-state index is 0.0342. The van der Waals surface area contributed by atoms with Crippen LogP contribution in [0.5, 0.6) is 0 Å². The average molecular weight is 337 g/mol. The molecule has 1 aliphatic rings. The van der Waals surface area contributed by atoms with Gasteiger partial charge in [0.25, 0.3) is 5.56 Å². The highest BCUT2D eigenvalue weighted by atomic mass is 16.3. The Morgan fingerprint density at radius 1 is 1.12 bits per heavy atom. The maximum absolute atomic E-state index is 12.5. The molecule has 1 unspecified atom stereocenters. The van der Waals surface area contributed by atoms with Crippen LogP contribution in [0.25, 0.3) is 11.3 Å². The predicted molar refractivity (Wildman–Crippen MR) is 94.7 cm³/mol. The monoisotopic (exact) mass is 337 g/mol. The van der Waals surface area contributed by atoms with Gasteiger partial charge >= 0.3 is 0 Å². The van der Waals surface area contributed by atoms with Gasteiger partial charge in [0.1, 0.15) is 17.3 Å². The van der Waals surface area contributed by atoms with Crippen molar-refractivity contribution in [3.63, 3.8) is 0 Å². The molecule has 1 aromatic carbocycles. The number of H-pyrrole nitrogens is 1. The van der Waals surface area contributed by atoms with Gasteiger partial charge in [0.15, 0.2) is 0 Å². The van der Waals surface area contributed by atoms with Crippen LogP contribution < -0.4 is 10.9 Å². The molecule has 128 valence electrons. The van der Waals surface area contributed by atoms with Crippen LogP contribution in [0.1, 0.15) is 43.6 Å². The summed E-state index contributed by atoms with van der Waals surface area (Å²) in [6, 6.07) is 13.5. The molecule has 0 aliphatic carbocycles. The largest absolute Gasteiger partial charge is 0.460 e. The lowest BCUT2D eigenvalue weighted by Gasteiger charge is -2.22. The maximum Gasteiger partial charge on any atom is 0.270 e. The van der Waals surface area contributed by atoms with Crippen LogP contribution in [-0.2, 0) is 4.79 Å². The van der Waals surface area contributed by atoms with E-state index in [1.54, 1.807) is 4.68 Å². The Balaban J connectivity index is 1.79. The van der Waals surface area contributed by atoms with Gasteiger partial charge in [-0.2, -0.15) is 0 Å². The molecule has 6 heteroatoms. The van der Waals surface area contributed by atoms with Crippen molar-refractivity contribution in [1.82, 2.24) is 9.78 Å². The quantitative estimate of drug-likeness (QED) is 0.768. The van der Waals surface area contributed by atoms with Gasteiger partial charge in [-0.05, 0) is 26.0 Å². The van der Waals surface area contributed by atoms with Gasteiger partial charge in [-0.25, -0.2) is 0 Å². The number of carbonyl (C=O) groups excluding carboxylic acids is 1. The number of fused-ring (bicyclic) bond motifs is 1. The van der Waals surface area contributed by atoms with Gasteiger partial charge in [-0.3, -0.25) is 19.4 Å². The van der Waals surface area contributed by atoms with E-state index in [-0.39, 0.29) is 29.8 Å². The Labute approximate surface area is 144 Å². The number of anilines is 1. The SMILES string of the molecule is CC(C)n1[nH]c(=O)c2c1NC(=O)CC2c1ccc(-c2ccccc2)o1. The maximum atomic E-state index is 12.5. The van der Waals surface area contributed by atoms with Gasteiger partial charge in [0.2, 0.25) is 5.91 Å². The minimum atomic E-state index is -0.384. The number of nitrogens with zero attached hydrogens (tertiary/aromatic N) is 1. The Kier molecular flexibility index (Phi) is 3.60. The first-order valence-corrected chi connectivity index (χ1v) is 8.34. The third kappa shape index (κ3) is 2.59. The van der Waals surface area contributed by atoms with E-state index < -0.39 is 0 Å². The van der Waals surface area contributed by atoms with Crippen molar-refractivity contribution in [3.8, 4) is 11.3 Å². The molecule has 1 aliphatic heterocycles. The Hall–Kier alpha value is -3.02. The average Bonchev–Trinajstić information content (AvgIpc) is 3.20. The molecule has 1 atom stereocenters. The van der Waals surface area contributed by atoms with Crippen molar-refractivity contribution >= 4 is 11.7 Å². The predicted octanol–water partition coefficient (Wildman–Crippen LogP) is 3.49. The van der Waals surface area contributed by atoms with Crippen molar-refractivity contribution in [2.75, 3.05) is 5.32 Å². The zero-order valence-electron chi connectivity index (χ0n) is 14.1. The van der Waals surface area contributed by atoms with E-state index >= 15 is 0 Å². The molecule has 0 radical (unpaired) electrons. The Morgan fingerprint density at radius 3 is 2.60 bits per heavy atom. The van der Waals surface area contributed by atoms with Gasteiger partial charge < -0.3 is 9.73 Å². The van der Waals surface area contributed by atoms with E-state index in [1.807, 2.05) is 56.3 Å². The molecule has 1 amide bonds. The minimum Gasteiger partial charge on any atom is -0.460 e. The highest BCUT2D eigenvalue weighted by Gasteiger charge is 2.34. The van der Waals surface area contributed by atoms with Crippen molar-refractivity contribution in [2.45, 2.75) is 32.2 Å². The lowest BCUT2D eigenvalue weighted by molar-refractivity contribution is -0.116. The number of furan rings is 1. The molecule has 3 aromatic rings. The van der Waals surface area contributed by atoms with Crippen molar-refractivity contribution < 1.29 is 9.21 Å². The van der Waals surface area contributed by atoms with Crippen LogP contribution in [-0.4, -0.2) is 15.7 Å². The number of rotatable bonds is 3. The van der Waals surface area contributed by atoms with Crippen LogP contribution in [0, 0.1) is 0 Å². The van der Waals surface area contributed by atoms with Gasteiger partial charge in [0, 0.05) is 18.0 Å². The first-order valence-electron chi connectivity index (χ1n) is 8.34. The second kappa shape index (κ2) is 5.81. The molecular formula is C19H19N3O3. The Morgan fingerprint density at radius 2 is 1.88 bits per heavy atom. The molecule has 0 fully saturated rings. The number of aromatic nitrogens is 2. The number of hydrogen-bond donors (Lipinski definition) is 2. The zero-order valence-corrected chi connectivity index (χ0v) is 14.1. The summed E-state index contributed by atoms with van der Waals surface area (Å²) < 4.78 is 7.69. The summed E-state index contributed by atoms with van der Waals surface area (Å²) in [5.74, 6) is 1.39. The number of amides is 1. The number of nitrogens with one attached hydrogen (secondary N) is 2. The van der Waals surface area contributed by atoms with Crippen LogP contribution in [0.4, 0.5) is 5.82 Å².